The number of nitrogens with zero attached hydrogens (tertiary/aromatic N) is 3. The number of rotatable bonds is 8. The van der Waals surface area contributed by atoms with Gasteiger partial charge in [-0.25, -0.2) is 14.2 Å². The molecule has 2 N–H and O–H groups in total. The van der Waals surface area contributed by atoms with Crippen molar-refractivity contribution >= 4 is 29.5 Å². The zero-order chi connectivity index (χ0) is 20.8. The molecule has 0 atom stereocenters. The molecule has 0 aliphatic heterocycles. The van der Waals surface area contributed by atoms with E-state index in [2.05, 4.69) is 15.3 Å². The Hall–Kier alpha value is -3.13. The molecule has 0 saturated heterocycles. The van der Waals surface area contributed by atoms with Crippen LogP contribution in [0.3, 0.4) is 0 Å². The molecule has 0 radical (unpaired) electrons. The van der Waals surface area contributed by atoms with E-state index >= 15 is 0 Å². The molecule has 6 nitrogen and oxygen atoms in total. The molecule has 3 rings (SSSR count). The first-order valence-corrected chi connectivity index (χ1v) is 9.90. The van der Waals surface area contributed by atoms with Gasteiger partial charge < -0.3 is 15.3 Å². The van der Waals surface area contributed by atoms with Gasteiger partial charge in [-0.15, -0.1) is 11.8 Å². The van der Waals surface area contributed by atoms with Crippen LogP contribution >= 0.6 is 11.8 Å². The maximum atomic E-state index is 13.1. The highest BCUT2D eigenvalue weighted by Crippen LogP contribution is 2.30. The summed E-state index contributed by atoms with van der Waals surface area (Å²) in [6.07, 6.45) is 0. The van der Waals surface area contributed by atoms with E-state index in [0.29, 0.717) is 23.3 Å². The molecule has 1 aromatic heterocycles. The van der Waals surface area contributed by atoms with Crippen molar-refractivity contribution in [2.75, 3.05) is 24.3 Å². The predicted molar refractivity (Wildman–Crippen MR) is 113 cm³/mol. The van der Waals surface area contributed by atoms with Crippen LogP contribution in [-0.2, 0) is 12.3 Å². The van der Waals surface area contributed by atoms with Gasteiger partial charge in [0.05, 0.1) is 0 Å². The first kappa shape index (κ1) is 20.6. The summed E-state index contributed by atoms with van der Waals surface area (Å²) < 4.78 is 13.1. The number of aromatic nitrogens is 2. The van der Waals surface area contributed by atoms with Gasteiger partial charge >= 0.3 is 5.97 Å². The molecule has 29 heavy (non-hydrogen) atoms. The Morgan fingerprint density at radius 1 is 1.07 bits per heavy atom. The van der Waals surface area contributed by atoms with Gasteiger partial charge in [-0.3, -0.25) is 0 Å². The Bertz CT molecular complexity index is 982. The fourth-order valence-corrected chi connectivity index (χ4v) is 3.54. The third-order valence-electron chi connectivity index (χ3n) is 4.07. The number of aromatic carboxylic acids is 1. The van der Waals surface area contributed by atoms with Crippen molar-refractivity contribution in [3.8, 4) is 0 Å². The van der Waals surface area contributed by atoms with Crippen molar-refractivity contribution < 1.29 is 14.3 Å². The molecule has 0 spiro atoms. The van der Waals surface area contributed by atoms with Crippen LogP contribution in [0.25, 0.3) is 0 Å². The van der Waals surface area contributed by atoms with Gasteiger partial charge in [-0.2, -0.15) is 4.98 Å². The average molecular weight is 412 g/mol. The zero-order valence-corrected chi connectivity index (χ0v) is 16.9. The maximum absolute atomic E-state index is 13.1. The smallest absolute Gasteiger partial charge is 0.342 e. The molecule has 0 aliphatic rings. The van der Waals surface area contributed by atoms with Crippen LogP contribution in [0.5, 0.6) is 0 Å². The summed E-state index contributed by atoms with van der Waals surface area (Å²) in [5.41, 5.74) is 1.91. The summed E-state index contributed by atoms with van der Waals surface area (Å²) >= 11 is 1.35. The quantitative estimate of drug-likeness (QED) is 0.422. The lowest BCUT2D eigenvalue weighted by molar-refractivity contribution is 0.0693. The summed E-state index contributed by atoms with van der Waals surface area (Å²) in [5, 5.41) is 13.3. The molecule has 0 amide bonds. The standard InChI is InChI=1S/C21H21FN4O2S/c1-26(2)21-24-18(23-12-14-8-10-16(22)11-9-14)17(20(27)28)19(25-21)29-13-15-6-4-3-5-7-15/h3-11H,12-13H2,1-2H3,(H,27,28)(H,23,24,25). The van der Waals surface area contributed by atoms with E-state index in [-0.39, 0.29) is 17.2 Å². The number of benzene rings is 2. The van der Waals surface area contributed by atoms with Gasteiger partial charge in [0, 0.05) is 26.4 Å². The Morgan fingerprint density at radius 2 is 1.76 bits per heavy atom. The molecule has 0 bridgehead atoms. The topological polar surface area (TPSA) is 78.4 Å². The fourth-order valence-electron chi connectivity index (χ4n) is 2.57. The predicted octanol–water partition coefficient (Wildman–Crippen LogP) is 4.28. The van der Waals surface area contributed by atoms with Crippen molar-refractivity contribution in [2.45, 2.75) is 17.3 Å². The zero-order valence-electron chi connectivity index (χ0n) is 16.1. The molecule has 3 aromatic rings. The Balaban J connectivity index is 1.91. The second kappa shape index (κ2) is 9.38. The summed E-state index contributed by atoms with van der Waals surface area (Å²) in [6, 6.07) is 15.8. The van der Waals surface area contributed by atoms with E-state index in [4.69, 9.17) is 0 Å². The van der Waals surface area contributed by atoms with Gasteiger partial charge in [0.25, 0.3) is 0 Å². The van der Waals surface area contributed by atoms with Crippen LogP contribution in [0.15, 0.2) is 59.6 Å². The van der Waals surface area contributed by atoms with E-state index in [9.17, 15) is 14.3 Å². The Morgan fingerprint density at radius 3 is 2.38 bits per heavy atom. The minimum Gasteiger partial charge on any atom is -0.477 e. The van der Waals surface area contributed by atoms with Crippen molar-refractivity contribution in [3.05, 3.63) is 77.1 Å². The molecule has 0 saturated carbocycles. The molecule has 1 heterocycles. The van der Waals surface area contributed by atoms with Crippen LogP contribution in [0, 0.1) is 5.82 Å². The van der Waals surface area contributed by atoms with Crippen molar-refractivity contribution in [1.29, 1.82) is 0 Å². The van der Waals surface area contributed by atoms with E-state index < -0.39 is 5.97 Å². The number of halogens is 1. The van der Waals surface area contributed by atoms with Crippen LogP contribution in [-0.4, -0.2) is 35.1 Å². The van der Waals surface area contributed by atoms with Gasteiger partial charge in [0.15, 0.2) is 0 Å². The second-order valence-electron chi connectivity index (χ2n) is 6.51. The minimum absolute atomic E-state index is 0.0265. The molecule has 150 valence electrons. The van der Waals surface area contributed by atoms with Gasteiger partial charge in [0.2, 0.25) is 5.95 Å². The highest BCUT2D eigenvalue weighted by atomic mass is 32.2. The highest BCUT2D eigenvalue weighted by Gasteiger charge is 2.22. The molecule has 0 fully saturated rings. The van der Waals surface area contributed by atoms with Crippen LogP contribution in [0.4, 0.5) is 16.2 Å². The van der Waals surface area contributed by atoms with Gasteiger partial charge in [0.1, 0.15) is 22.2 Å². The normalized spacial score (nSPS) is 10.6. The Kier molecular flexibility index (Phi) is 6.66. The summed E-state index contributed by atoms with van der Waals surface area (Å²) in [7, 11) is 3.59. The number of nitrogens with one attached hydrogen (secondary N) is 1. The van der Waals surface area contributed by atoms with Crippen LogP contribution < -0.4 is 10.2 Å². The first-order chi connectivity index (χ1) is 13.9. The summed E-state index contributed by atoms with van der Waals surface area (Å²) in [4.78, 5) is 22.5. The van der Waals surface area contributed by atoms with Gasteiger partial charge in [-0.05, 0) is 23.3 Å². The molecular weight excluding hydrogens is 391 g/mol. The van der Waals surface area contributed by atoms with E-state index in [1.807, 2.05) is 30.3 Å². The SMILES string of the molecule is CN(C)c1nc(NCc2ccc(F)cc2)c(C(=O)O)c(SCc2ccccc2)n1. The third-order valence-corrected chi connectivity index (χ3v) is 5.12. The van der Waals surface area contributed by atoms with E-state index in [0.717, 1.165) is 11.1 Å². The average Bonchev–Trinajstić information content (AvgIpc) is 2.71. The number of carbonyl (C=O) groups is 1. The minimum atomic E-state index is -1.10. The van der Waals surface area contributed by atoms with Gasteiger partial charge in [-0.1, -0.05) is 42.5 Å². The molecule has 2 aromatic carbocycles. The lowest BCUT2D eigenvalue weighted by Crippen LogP contribution is -2.18. The third kappa shape index (κ3) is 5.45. The number of carboxylic acid groups (broad SMARTS) is 1. The highest BCUT2D eigenvalue weighted by molar-refractivity contribution is 7.98. The monoisotopic (exact) mass is 412 g/mol. The van der Waals surface area contributed by atoms with Crippen molar-refractivity contribution in [2.24, 2.45) is 0 Å². The first-order valence-electron chi connectivity index (χ1n) is 8.91. The number of anilines is 2. The van der Waals surface area contributed by atoms with E-state index in [1.54, 1.807) is 31.1 Å². The largest absolute Gasteiger partial charge is 0.477 e. The lowest BCUT2D eigenvalue weighted by atomic mass is 10.2. The van der Waals surface area contributed by atoms with Crippen molar-refractivity contribution in [3.63, 3.8) is 0 Å². The second-order valence-corrected chi connectivity index (χ2v) is 7.47. The number of hydrogen-bond acceptors (Lipinski definition) is 6. The molecule has 0 unspecified atom stereocenters. The van der Waals surface area contributed by atoms with Crippen LogP contribution in [0.2, 0.25) is 0 Å². The number of thioether (sulfide) groups is 1. The maximum Gasteiger partial charge on any atom is 0.342 e. The summed E-state index contributed by atoms with van der Waals surface area (Å²) in [5.74, 6) is -0.199. The number of carboxylic acids is 1. The van der Waals surface area contributed by atoms with Crippen molar-refractivity contribution in [1.82, 2.24) is 9.97 Å². The number of hydrogen-bond donors (Lipinski definition) is 2. The Labute approximate surface area is 172 Å². The molecule has 8 heteroatoms. The molecular formula is C21H21FN4O2S. The van der Waals surface area contributed by atoms with Crippen LogP contribution in [0.1, 0.15) is 21.5 Å². The van der Waals surface area contributed by atoms with E-state index in [1.165, 1.54) is 23.9 Å². The molecule has 0 aliphatic carbocycles. The fraction of sp³-hybridized carbons (Fsp3) is 0.190. The summed E-state index contributed by atoms with van der Waals surface area (Å²) in [6.45, 7) is 0.313. The lowest BCUT2D eigenvalue weighted by Gasteiger charge is -2.17.